The highest BCUT2D eigenvalue weighted by Crippen LogP contribution is 2.28. The van der Waals surface area contributed by atoms with Crippen LogP contribution >= 0.6 is 0 Å². The van der Waals surface area contributed by atoms with E-state index in [1.165, 1.54) is 12.1 Å². The van der Waals surface area contributed by atoms with Crippen LogP contribution in [0.3, 0.4) is 0 Å². The Labute approximate surface area is 190 Å². The van der Waals surface area contributed by atoms with E-state index >= 15 is 0 Å². The second kappa shape index (κ2) is 9.57. The first-order valence-corrected chi connectivity index (χ1v) is 12.0. The number of ether oxygens (including phenoxy) is 1. The van der Waals surface area contributed by atoms with Gasteiger partial charge in [-0.05, 0) is 80.6 Å². The predicted molar refractivity (Wildman–Crippen MR) is 128 cm³/mol. The monoisotopic (exact) mass is 451 g/mol. The lowest BCUT2D eigenvalue weighted by Crippen LogP contribution is -2.40. The predicted octanol–water partition coefficient (Wildman–Crippen LogP) is 5.28. The smallest absolute Gasteiger partial charge is 0.278 e. The number of carbonyl (C=O) groups is 1. The van der Waals surface area contributed by atoms with Crippen molar-refractivity contribution in [3.05, 3.63) is 88.5 Å². The van der Waals surface area contributed by atoms with Crippen LogP contribution in [0, 0.1) is 27.7 Å². The zero-order valence-electron chi connectivity index (χ0n) is 19.2. The Balaban J connectivity index is 1.99. The van der Waals surface area contributed by atoms with Gasteiger partial charge in [-0.3, -0.25) is 4.79 Å². The van der Waals surface area contributed by atoms with Crippen molar-refractivity contribution in [3.8, 4) is 5.75 Å². The van der Waals surface area contributed by atoms with Crippen molar-refractivity contribution in [3.63, 3.8) is 0 Å². The van der Waals surface area contributed by atoms with E-state index in [1.54, 1.807) is 24.3 Å². The summed E-state index contributed by atoms with van der Waals surface area (Å²) in [6.07, 6.45) is 0.813. The summed E-state index contributed by atoms with van der Waals surface area (Å²) >= 11 is 0. The number of hydrogen-bond acceptors (Lipinski definition) is 4. The number of carbonyl (C=O) groups excluding carboxylic acids is 1. The average Bonchev–Trinajstić information content (AvgIpc) is 2.77. The number of benzene rings is 3. The molecule has 0 aliphatic carbocycles. The van der Waals surface area contributed by atoms with E-state index in [1.807, 2.05) is 58.9 Å². The van der Waals surface area contributed by atoms with E-state index in [9.17, 15) is 13.2 Å². The number of amides is 1. The van der Waals surface area contributed by atoms with Crippen molar-refractivity contribution < 1.29 is 17.9 Å². The van der Waals surface area contributed by atoms with Gasteiger partial charge >= 0.3 is 0 Å². The van der Waals surface area contributed by atoms with Gasteiger partial charge in [-0.15, -0.1) is 0 Å². The summed E-state index contributed by atoms with van der Waals surface area (Å²) in [5.74, 6) is -0.0532. The van der Waals surface area contributed by atoms with E-state index in [2.05, 4.69) is 0 Å². The standard InChI is InChI=1S/C26H29NO4S/c1-6-22-11-13-23(14-12-22)27(32(29,30)24-15-7-18(2)8-16-24)25(28)17-31-26-20(4)10-9-19(3)21(26)5/h7-16H,6,17H2,1-5H3. The summed E-state index contributed by atoms with van der Waals surface area (Å²) in [7, 11) is -4.12. The van der Waals surface area contributed by atoms with E-state index in [0.717, 1.165) is 38.5 Å². The molecule has 168 valence electrons. The minimum atomic E-state index is -4.12. The second-order valence-electron chi connectivity index (χ2n) is 7.94. The van der Waals surface area contributed by atoms with Crippen LogP contribution in [0.4, 0.5) is 5.69 Å². The number of nitrogens with zero attached hydrogens (tertiary/aromatic N) is 1. The molecule has 0 spiro atoms. The van der Waals surface area contributed by atoms with Gasteiger partial charge in [-0.2, -0.15) is 4.31 Å². The molecule has 0 saturated carbocycles. The molecule has 0 radical (unpaired) electrons. The van der Waals surface area contributed by atoms with Gasteiger partial charge in [0.1, 0.15) is 5.75 Å². The first-order chi connectivity index (χ1) is 15.1. The van der Waals surface area contributed by atoms with Crippen LogP contribution in [0.25, 0.3) is 0 Å². The summed E-state index contributed by atoms with van der Waals surface area (Å²) < 4.78 is 33.7. The maximum Gasteiger partial charge on any atom is 0.278 e. The SMILES string of the molecule is CCc1ccc(N(C(=O)COc2c(C)ccc(C)c2C)S(=O)(=O)c2ccc(C)cc2)cc1. The molecule has 0 aliphatic heterocycles. The third-order valence-corrected chi connectivity index (χ3v) is 7.34. The molecular formula is C26H29NO4S. The van der Waals surface area contributed by atoms with Gasteiger partial charge in [-0.1, -0.05) is 48.9 Å². The number of aryl methyl sites for hydroxylation is 4. The quantitative estimate of drug-likeness (QED) is 0.490. The first kappa shape index (κ1) is 23.5. The number of hydrogen-bond donors (Lipinski definition) is 0. The van der Waals surface area contributed by atoms with E-state index in [4.69, 9.17) is 4.74 Å². The molecule has 0 bridgehead atoms. The molecule has 0 aliphatic rings. The third-order valence-electron chi connectivity index (χ3n) is 5.58. The summed E-state index contributed by atoms with van der Waals surface area (Å²) in [6.45, 7) is 9.28. The van der Waals surface area contributed by atoms with Gasteiger partial charge in [0.2, 0.25) is 0 Å². The third kappa shape index (κ3) is 4.86. The highest BCUT2D eigenvalue weighted by Gasteiger charge is 2.31. The molecule has 0 fully saturated rings. The molecule has 3 rings (SSSR count). The van der Waals surface area contributed by atoms with Gasteiger partial charge in [0.15, 0.2) is 6.61 Å². The van der Waals surface area contributed by atoms with E-state index < -0.39 is 22.5 Å². The summed E-state index contributed by atoms with van der Waals surface area (Å²) in [6, 6.07) is 17.3. The van der Waals surface area contributed by atoms with Crippen molar-refractivity contribution >= 4 is 21.6 Å². The fourth-order valence-corrected chi connectivity index (χ4v) is 4.85. The Bertz CT molecular complexity index is 1210. The lowest BCUT2D eigenvalue weighted by Gasteiger charge is -2.24. The van der Waals surface area contributed by atoms with Crippen LogP contribution in [0.5, 0.6) is 5.75 Å². The van der Waals surface area contributed by atoms with Gasteiger partial charge in [0.25, 0.3) is 15.9 Å². The lowest BCUT2D eigenvalue weighted by atomic mass is 10.1. The first-order valence-electron chi connectivity index (χ1n) is 10.6. The number of anilines is 1. The topological polar surface area (TPSA) is 63.7 Å². The normalized spacial score (nSPS) is 11.3. The van der Waals surface area contributed by atoms with Crippen LogP contribution in [0.1, 0.15) is 34.7 Å². The highest BCUT2D eigenvalue weighted by molar-refractivity contribution is 7.93. The molecule has 0 aromatic heterocycles. The van der Waals surface area contributed by atoms with Crippen molar-refractivity contribution in [2.75, 3.05) is 10.9 Å². The van der Waals surface area contributed by atoms with Crippen LogP contribution in [-0.2, 0) is 21.2 Å². The molecule has 0 atom stereocenters. The summed E-state index contributed by atoms with van der Waals surface area (Å²) in [4.78, 5) is 13.3. The van der Waals surface area contributed by atoms with Crippen LogP contribution in [-0.4, -0.2) is 20.9 Å². The van der Waals surface area contributed by atoms with Crippen molar-refractivity contribution in [2.45, 2.75) is 45.9 Å². The van der Waals surface area contributed by atoms with Crippen LogP contribution < -0.4 is 9.04 Å². The molecule has 6 heteroatoms. The molecule has 32 heavy (non-hydrogen) atoms. The molecule has 3 aromatic carbocycles. The van der Waals surface area contributed by atoms with Crippen LogP contribution in [0.2, 0.25) is 0 Å². The fourth-order valence-electron chi connectivity index (χ4n) is 3.44. The molecular weight excluding hydrogens is 422 g/mol. The van der Waals surface area contributed by atoms with Crippen LogP contribution in [0.15, 0.2) is 65.6 Å². The minimum Gasteiger partial charge on any atom is -0.483 e. The lowest BCUT2D eigenvalue weighted by molar-refractivity contribution is -0.119. The second-order valence-corrected chi connectivity index (χ2v) is 9.73. The average molecular weight is 452 g/mol. The van der Waals surface area contributed by atoms with Gasteiger partial charge in [-0.25, -0.2) is 8.42 Å². The zero-order chi connectivity index (χ0) is 23.5. The number of sulfonamides is 1. The zero-order valence-corrected chi connectivity index (χ0v) is 20.0. The molecule has 0 unspecified atom stereocenters. The summed E-state index contributed by atoms with van der Waals surface area (Å²) in [5.41, 5.74) is 5.13. The molecule has 3 aromatic rings. The van der Waals surface area contributed by atoms with Crippen molar-refractivity contribution in [2.24, 2.45) is 0 Å². The Morgan fingerprint density at radius 3 is 2.03 bits per heavy atom. The Kier molecular flexibility index (Phi) is 7.04. The van der Waals surface area contributed by atoms with E-state index in [0.29, 0.717) is 5.75 Å². The fraction of sp³-hybridized carbons (Fsp3) is 0.269. The van der Waals surface area contributed by atoms with Gasteiger partial charge in [0.05, 0.1) is 10.6 Å². The van der Waals surface area contributed by atoms with Crippen molar-refractivity contribution in [1.29, 1.82) is 0 Å². The molecule has 0 saturated heterocycles. The Morgan fingerprint density at radius 2 is 1.44 bits per heavy atom. The van der Waals surface area contributed by atoms with Gasteiger partial charge < -0.3 is 4.74 Å². The maximum absolute atomic E-state index is 13.5. The van der Waals surface area contributed by atoms with Crippen molar-refractivity contribution in [1.82, 2.24) is 0 Å². The molecule has 1 amide bonds. The Morgan fingerprint density at radius 1 is 0.844 bits per heavy atom. The van der Waals surface area contributed by atoms with E-state index in [-0.39, 0.29) is 10.6 Å². The maximum atomic E-state index is 13.5. The highest BCUT2D eigenvalue weighted by atomic mass is 32.2. The molecule has 5 nitrogen and oxygen atoms in total. The summed E-state index contributed by atoms with van der Waals surface area (Å²) in [5, 5.41) is 0. The number of rotatable bonds is 7. The molecule has 0 N–H and O–H groups in total. The molecule has 0 heterocycles. The largest absolute Gasteiger partial charge is 0.483 e. The minimum absolute atomic E-state index is 0.0546. The Hall–Kier alpha value is -3.12. The van der Waals surface area contributed by atoms with Gasteiger partial charge in [0, 0.05) is 0 Å².